The van der Waals surface area contributed by atoms with Crippen LogP contribution in [0.2, 0.25) is 0 Å². The topological polar surface area (TPSA) is 55.5 Å². The molecule has 0 amide bonds. The van der Waals surface area contributed by atoms with E-state index in [0.29, 0.717) is 6.54 Å². The van der Waals surface area contributed by atoms with E-state index in [2.05, 4.69) is 24.3 Å². The van der Waals surface area contributed by atoms with Gasteiger partial charge in [0.25, 0.3) is 0 Å². The summed E-state index contributed by atoms with van der Waals surface area (Å²) in [5.74, 6) is 0. The summed E-state index contributed by atoms with van der Waals surface area (Å²) in [6, 6.07) is 10.5. The van der Waals surface area contributed by atoms with Gasteiger partial charge in [-0.1, -0.05) is 30.3 Å². The fourth-order valence-electron chi connectivity index (χ4n) is 1.94. The van der Waals surface area contributed by atoms with Crippen molar-refractivity contribution in [1.82, 2.24) is 0 Å². The zero-order chi connectivity index (χ0) is 14.0. The van der Waals surface area contributed by atoms with E-state index in [1.165, 1.54) is 5.56 Å². The van der Waals surface area contributed by atoms with Gasteiger partial charge in [-0.05, 0) is 44.6 Å². The molecule has 19 heavy (non-hydrogen) atoms. The predicted molar refractivity (Wildman–Crippen MR) is 79.1 cm³/mol. The third-order valence-electron chi connectivity index (χ3n) is 3.29. The lowest BCUT2D eigenvalue weighted by molar-refractivity contribution is 0.0528. The van der Waals surface area contributed by atoms with E-state index in [1.807, 2.05) is 6.07 Å². The highest BCUT2D eigenvalue weighted by atomic mass is 16.5. The first-order valence-corrected chi connectivity index (χ1v) is 7.18. The lowest BCUT2D eigenvalue weighted by atomic mass is 10.00. The Morgan fingerprint density at radius 1 is 1.11 bits per heavy atom. The van der Waals surface area contributed by atoms with Gasteiger partial charge in [0.05, 0.1) is 5.60 Å². The first-order valence-electron chi connectivity index (χ1n) is 7.18. The van der Waals surface area contributed by atoms with E-state index in [4.69, 9.17) is 10.5 Å². The fraction of sp³-hybridized carbons (Fsp3) is 0.625. The number of aryl methyl sites for hydroxylation is 1. The van der Waals surface area contributed by atoms with Crippen LogP contribution in [0, 0.1) is 0 Å². The first-order chi connectivity index (χ1) is 9.14. The Bertz CT molecular complexity index is 325. The Labute approximate surface area is 116 Å². The molecule has 0 saturated carbocycles. The van der Waals surface area contributed by atoms with Crippen molar-refractivity contribution in [1.29, 1.82) is 0 Å². The Morgan fingerprint density at radius 3 is 2.47 bits per heavy atom. The van der Waals surface area contributed by atoms with Crippen molar-refractivity contribution in [3.8, 4) is 0 Å². The minimum absolute atomic E-state index is 0.324. The van der Waals surface area contributed by atoms with E-state index in [1.54, 1.807) is 6.92 Å². The highest BCUT2D eigenvalue weighted by molar-refractivity contribution is 5.14. The molecule has 0 aliphatic carbocycles. The van der Waals surface area contributed by atoms with Crippen molar-refractivity contribution < 1.29 is 9.84 Å². The van der Waals surface area contributed by atoms with E-state index >= 15 is 0 Å². The lowest BCUT2D eigenvalue weighted by Crippen LogP contribution is -2.33. The van der Waals surface area contributed by atoms with Crippen LogP contribution in [-0.2, 0) is 11.2 Å². The second kappa shape index (κ2) is 9.08. The molecule has 0 aliphatic rings. The van der Waals surface area contributed by atoms with Crippen LogP contribution in [-0.4, -0.2) is 30.5 Å². The van der Waals surface area contributed by atoms with Crippen molar-refractivity contribution in [2.24, 2.45) is 5.73 Å². The average molecular weight is 265 g/mol. The number of ether oxygens (including phenoxy) is 1. The maximum atomic E-state index is 9.72. The molecular weight excluding hydrogens is 238 g/mol. The molecule has 1 rings (SSSR count). The Morgan fingerprint density at radius 2 is 1.79 bits per heavy atom. The molecule has 1 atom stereocenters. The maximum absolute atomic E-state index is 9.72. The van der Waals surface area contributed by atoms with E-state index in [-0.39, 0.29) is 0 Å². The molecule has 0 spiro atoms. The van der Waals surface area contributed by atoms with Gasteiger partial charge in [-0.25, -0.2) is 0 Å². The standard InChI is InChI=1S/C16H27NO2/c1-16(18,14-17)11-5-6-12-19-13-7-10-15-8-3-2-4-9-15/h2-4,8-9,18H,5-7,10-14,17H2,1H3. The fourth-order valence-corrected chi connectivity index (χ4v) is 1.94. The molecule has 108 valence electrons. The highest BCUT2D eigenvalue weighted by Gasteiger charge is 2.16. The van der Waals surface area contributed by atoms with Crippen molar-refractivity contribution >= 4 is 0 Å². The van der Waals surface area contributed by atoms with Crippen LogP contribution in [0.15, 0.2) is 30.3 Å². The van der Waals surface area contributed by atoms with Crippen molar-refractivity contribution in [2.45, 2.75) is 44.6 Å². The summed E-state index contributed by atoms with van der Waals surface area (Å²) in [7, 11) is 0. The first kappa shape index (κ1) is 16.2. The largest absolute Gasteiger partial charge is 0.389 e. The number of aliphatic hydroxyl groups is 1. The summed E-state index contributed by atoms with van der Waals surface area (Å²) in [5, 5.41) is 9.72. The van der Waals surface area contributed by atoms with Crippen LogP contribution in [0.1, 0.15) is 38.2 Å². The number of unbranched alkanes of at least 4 members (excludes halogenated alkanes) is 1. The summed E-state index contributed by atoms with van der Waals surface area (Å²) in [6.07, 6.45) is 4.83. The van der Waals surface area contributed by atoms with Gasteiger partial charge in [0, 0.05) is 19.8 Å². The van der Waals surface area contributed by atoms with Gasteiger partial charge in [-0.15, -0.1) is 0 Å². The quantitative estimate of drug-likeness (QED) is 0.639. The summed E-state index contributed by atoms with van der Waals surface area (Å²) < 4.78 is 5.59. The third kappa shape index (κ3) is 7.98. The second-order valence-electron chi connectivity index (χ2n) is 5.36. The van der Waals surface area contributed by atoms with E-state index in [9.17, 15) is 5.11 Å². The number of hydrogen-bond acceptors (Lipinski definition) is 3. The number of nitrogens with two attached hydrogens (primary N) is 1. The molecule has 0 aliphatic heterocycles. The van der Waals surface area contributed by atoms with Gasteiger partial charge in [-0.3, -0.25) is 0 Å². The molecule has 3 heteroatoms. The number of rotatable bonds is 10. The molecule has 0 saturated heterocycles. The second-order valence-corrected chi connectivity index (χ2v) is 5.36. The molecule has 0 aromatic heterocycles. The highest BCUT2D eigenvalue weighted by Crippen LogP contribution is 2.11. The van der Waals surface area contributed by atoms with Gasteiger partial charge >= 0.3 is 0 Å². The van der Waals surface area contributed by atoms with Crippen LogP contribution in [0.3, 0.4) is 0 Å². The normalized spacial score (nSPS) is 14.3. The third-order valence-corrected chi connectivity index (χ3v) is 3.29. The van der Waals surface area contributed by atoms with Crippen molar-refractivity contribution in [2.75, 3.05) is 19.8 Å². The molecule has 0 radical (unpaired) electrons. The van der Waals surface area contributed by atoms with Crippen LogP contribution in [0.25, 0.3) is 0 Å². The lowest BCUT2D eigenvalue weighted by Gasteiger charge is -2.20. The molecular formula is C16H27NO2. The average Bonchev–Trinajstić information content (AvgIpc) is 2.43. The summed E-state index contributed by atoms with van der Waals surface area (Å²) in [5.41, 5.74) is 6.11. The Hall–Kier alpha value is -0.900. The van der Waals surface area contributed by atoms with Gasteiger partial charge < -0.3 is 15.6 Å². The van der Waals surface area contributed by atoms with Gasteiger partial charge in [-0.2, -0.15) is 0 Å². The maximum Gasteiger partial charge on any atom is 0.0741 e. The van der Waals surface area contributed by atoms with Gasteiger partial charge in [0.15, 0.2) is 0 Å². The minimum atomic E-state index is -0.715. The minimum Gasteiger partial charge on any atom is -0.389 e. The van der Waals surface area contributed by atoms with Crippen molar-refractivity contribution in [3.63, 3.8) is 0 Å². The van der Waals surface area contributed by atoms with Gasteiger partial charge in [0.1, 0.15) is 0 Å². The number of benzene rings is 1. The molecule has 3 nitrogen and oxygen atoms in total. The molecule has 1 unspecified atom stereocenters. The Balaban J connectivity index is 1.92. The molecule has 1 aromatic rings. The molecule has 0 bridgehead atoms. The number of hydrogen-bond donors (Lipinski definition) is 2. The molecule has 0 fully saturated rings. The molecule has 3 N–H and O–H groups in total. The molecule has 1 aromatic carbocycles. The van der Waals surface area contributed by atoms with Crippen LogP contribution in [0.5, 0.6) is 0 Å². The zero-order valence-corrected chi connectivity index (χ0v) is 12.0. The van der Waals surface area contributed by atoms with Crippen LogP contribution in [0.4, 0.5) is 0 Å². The predicted octanol–water partition coefficient (Wildman–Crippen LogP) is 2.52. The molecule has 0 heterocycles. The van der Waals surface area contributed by atoms with Crippen molar-refractivity contribution in [3.05, 3.63) is 35.9 Å². The summed E-state index contributed by atoms with van der Waals surface area (Å²) in [6.45, 7) is 3.69. The summed E-state index contributed by atoms with van der Waals surface area (Å²) in [4.78, 5) is 0. The van der Waals surface area contributed by atoms with Crippen LogP contribution < -0.4 is 5.73 Å². The SMILES string of the molecule is CC(O)(CN)CCCCOCCCc1ccccc1. The van der Waals surface area contributed by atoms with E-state index < -0.39 is 5.60 Å². The zero-order valence-electron chi connectivity index (χ0n) is 12.0. The van der Waals surface area contributed by atoms with Gasteiger partial charge in [0.2, 0.25) is 0 Å². The van der Waals surface area contributed by atoms with E-state index in [0.717, 1.165) is 45.3 Å². The van der Waals surface area contributed by atoms with Crippen LogP contribution >= 0.6 is 0 Å². The smallest absolute Gasteiger partial charge is 0.0741 e. The monoisotopic (exact) mass is 265 g/mol. The Kier molecular flexibility index (Phi) is 7.72. The summed E-state index contributed by atoms with van der Waals surface area (Å²) >= 11 is 0.